The average Bonchev–Trinajstić information content (AvgIpc) is 2.76. The summed E-state index contributed by atoms with van der Waals surface area (Å²) in [6, 6.07) is 8.97. The lowest BCUT2D eigenvalue weighted by Crippen LogP contribution is -2.06. The van der Waals surface area contributed by atoms with Gasteiger partial charge in [-0.3, -0.25) is 4.79 Å². The molecule has 31 heavy (non-hydrogen) atoms. The van der Waals surface area contributed by atoms with E-state index < -0.39 is 0 Å². The second-order valence-electron chi connectivity index (χ2n) is 6.36. The normalized spacial score (nSPS) is 10.7. The van der Waals surface area contributed by atoms with Gasteiger partial charge in [0.25, 0.3) is 0 Å². The smallest absolute Gasteiger partial charge is 0.189 e. The molecule has 0 radical (unpaired) electrons. The molecule has 2 aromatic rings. The van der Waals surface area contributed by atoms with Crippen LogP contribution in [0.15, 0.2) is 36.4 Å². The van der Waals surface area contributed by atoms with Crippen LogP contribution in [0.3, 0.4) is 0 Å². The first kappa shape index (κ1) is 24.1. The number of ether oxygens (including phenoxy) is 5. The quantitative estimate of drug-likeness (QED) is 0.307. The first-order chi connectivity index (χ1) is 15.1. The van der Waals surface area contributed by atoms with Crippen LogP contribution in [0, 0.1) is 0 Å². The number of allylic oxidation sites excluding steroid dienone is 1. The van der Waals surface area contributed by atoms with Gasteiger partial charge in [-0.1, -0.05) is 0 Å². The maximum Gasteiger partial charge on any atom is 0.189 e. The predicted octanol–water partition coefficient (Wildman–Crippen LogP) is 5.58. The number of ketones is 1. The molecule has 0 N–H and O–H groups in total. The number of benzene rings is 2. The van der Waals surface area contributed by atoms with Crippen molar-refractivity contribution in [1.29, 1.82) is 0 Å². The maximum atomic E-state index is 13.2. The van der Waals surface area contributed by atoms with Gasteiger partial charge in [0.05, 0.1) is 38.6 Å². The summed E-state index contributed by atoms with van der Waals surface area (Å²) in [4.78, 5) is 13.2. The van der Waals surface area contributed by atoms with Crippen molar-refractivity contribution < 1.29 is 28.5 Å². The van der Waals surface area contributed by atoms with Crippen molar-refractivity contribution >= 4 is 11.9 Å². The molecule has 0 bridgehead atoms. The zero-order chi connectivity index (χ0) is 22.6. The van der Waals surface area contributed by atoms with Crippen LogP contribution in [-0.2, 0) is 0 Å². The minimum absolute atomic E-state index is 0.227. The molecule has 6 heteroatoms. The summed E-state index contributed by atoms with van der Waals surface area (Å²) in [5, 5.41) is 0. The van der Waals surface area contributed by atoms with Crippen molar-refractivity contribution in [1.82, 2.24) is 0 Å². The van der Waals surface area contributed by atoms with Crippen LogP contribution >= 0.6 is 0 Å². The Bertz CT molecular complexity index is 888. The summed E-state index contributed by atoms with van der Waals surface area (Å²) in [6.45, 7) is 11.9. The Hall–Kier alpha value is -3.15. The Morgan fingerprint density at radius 3 is 1.97 bits per heavy atom. The standard InChI is InChI=1S/C25H32O6/c1-6-27-19-12-14-23(29-8-3)18(15-19)11-13-22(26)21-16-20(28-7-2)17-24(30-9-4)25(21)31-10-5/h11-17H,6-10H2,1-5H3. The van der Waals surface area contributed by atoms with Crippen LogP contribution in [0.1, 0.15) is 50.5 Å². The van der Waals surface area contributed by atoms with E-state index in [1.165, 1.54) is 6.08 Å². The van der Waals surface area contributed by atoms with Gasteiger partial charge in [-0.15, -0.1) is 0 Å². The Morgan fingerprint density at radius 1 is 0.710 bits per heavy atom. The molecule has 0 saturated carbocycles. The highest BCUT2D eigenvalue weighted by Crippen LogP contribution is 2.37. The third kappa shape index (κ3) is 6.67. The Kier molecular flexibility index (Phi) is 9.75. The fraction of sp³-hybridized carbons (Fsp3) is 0.400. The summed E-state index contributed by atoms with van der Waals surface area (Å²) in [5.74, 6) is 2.62. The van der Waals surface area contributed by atoms with Crippen LogP contribution in [0.4, 0.5) is 0 Å². The number of hydrogen-bond acceptors (Lipinski definition) is 6. The molecule has 0 heterocycles. The minimum atomic E-state index is -0.227. The first-order valence-electron chi connectivity index (χ1n) is 10.8. The third-order valence-electron chi connectivity index (χ3n) is 4.20. The van der Waals surface area contributed by atoms with E-state index in [4.69, 9.17) is 23.7 Å². The van der Waals surface area contributed by atoms with Gasteiger partial charge in [-0.2, -0.15) is 0 Å². The third-order valence-corrected chi connectivity index (χ3v) is 4.20. The Labute approximate surface area is 184 Å². The molecular formula is C25H32O6. The maximum absolute atomic E-state index is 13.2. The topological polar surface area (TPSA) is 63.2 Å². The van der Waals surface area contributed by atoms with E-state index in [9.17, 15) is 4.79 Å². The summed E-state index contributed by atoms with van der Waals surface area (Å²) in [5.41, 5.74) is 1.14. The van der Waals surface area contributed by atoms with Gasteiger partial charge in [0.2, 0.25) is 0 Å². The Balaban J connectivity index is 2.46. The van der Waals surface area contributed by atoms with Crippen LogP contribution in [0.5, 0.6) is 28.7 Å². The highest BCUT2D eigenvalue weighted by atomic mass is 16.5. The van der Waals surface area contributed by atoms with E-state index in [1.807, 2.05) is 52.8 Å². The van der Waals surface area contributed by atoms with E-state index in [1.54, 1.807) is 18.2 Å². The molecule has 0 spiro atoms. The molecule has 2 rings (SSSR count). The van der Waals surface area contributed by atoms with E-state index in [2.05, 4.69) is 0 Å². The van der Waals surface area contributed by atoms with Crippen LogP contribution in [0.25, 0.3) is 6.08 Å². The second-order valence-corrected chi connectivity index (χ2v) is 6.36. The number of carbonyl (C=O) groups excluding carboxylic acids is 1. The lowest BCUT2D eigenvalue weighted by Gasteiger charge is -2.16. The molecule has 0 amide bonds. The molecule has 0 aliphatic heterocycles. The molecule has 0 saturated heterocycles. The predicted molar refractivity (Wildman–Crippen MR) is 122 cm³/mol. The van der Waals surface area contributed by atoms with Gasteiger partial charge >= 0.3 is 0 Å². The van der Waals surface area contributed by atoms with Gasteiger partial charge < -0.3 is 23.7 Å². The molecule has 6 nitrogen and oxygen atoms in total. The Morgan fingerprint density at radius 2 is 1.32 bits per heavy atom. The fourth-order valence-corrected chi connectivity index (χ4v) is 3.02. The van der Waals surface area contributed by atoms with Crippen molar-refractivity contribution in [2.24, 2.45) is 0 Å². The zero-order valence-electron chi connectivity index (χ0n) is 19.0. The van der Waals surface area contributed by atoms with Gasteiger partial charge in [-0.25, -0.2) is 0 Å². The summed E-state index contributed by atoms with van der Waals surface area (Å²) < 4.78 is 28.4. The highest BCUT2D eigenvalue weighted by Gasteiger charge is 2.19. The average molecular weight is 429 g/mol. The van der Waals surface area contributed by atoms with Crippen molar-refractivity contribution in [3.05, 3.63) is 47.5 Å². The number of hydrogen-bond donors (Lipinski definition) is 0. The molecule has 0 fully saturated rings. The monoisotopic (exact) mass is 428 g/mol. The van der Waals surface area contributed by atoms with Gasteiger partial charge in [0.1, 0.15) is 17.2 Å². The van der Waals surface area contributed by atoms with Crippen LogP contribution in [0.2, 0.25) is 0 Å². The van der Waals surface area contributed by atoms with Gasteiger partial charge in [0.15, 0.2) is 17.3 Å². The van der Waals surface area contributed by atoms with Crippen molar-refractivity contribution in [2.45, 2.75) is 34.6 Å². The molecule has 0 aliphatic carbocycles. The summed E-state index contributed by atoms with van der Waals surface area (Å²) in [6.07, 6.45) is 3.22. The molecule has 0 aromatic heterocycles. The van der Waals surface area contributed by atoms with Crippen molar-refractivity contribution in [3.63, 3.8) is 0 Å². The number of carbonyl (C=O) groups is 1. The van der Waals surface area contributed by atoms with E-state index >= 15 is 0 Å². The van der Waals surface area contributed by atoms with Gasteiger partial charge in [-0.05, 0) is 71.0 Å². The zero-order valence-corrected chi connectivity index (χ0v) is 19.0. The first-order valence-corrected chi connectivity index (χ1v) is 10.8. The number of rotatable bonds is 13. The highest BCUT2D eigenvalue weighted by molar-refractivity contribution is 6.09. The molecule has 2 aromatic carbocycles. The van der Waals surface area contributed by atoms with Crippen molar-refractivity contribution in [2.75, 3.05) is 33.0 Å². The van der Waals surface area contributed by atoms with E-state index in [0.29, 0.717) is 67.3 Å². The molecule has 0 unspecified atom stereocenters. The lowest BCUT2D eigenvalue weighted by molar-refractivity contribution is 0.104. The lowest BCUT2D eigenvalue weighted by atomic mass is 10.1. The summed E-state index contributed by atoms with van der Waals surface area (Å²) >= 11 is 0. The minimum Gasteiger partial charge on any atom is -0.494 e. The van der Waals surface area contributed by atoms with Crippen LogP contribution < -0.4 is 23.7 Å². The molecule has 0 atom stereocenters. The molecule has 168 valence electrons. The SMILES string of the molecule is CCOc1ccc(OCC)c(C=CC(=O)c2cc(OCC)cc(OCC)c2OCC)c1. The summed E-state index contributed by atoms with van der Waals surface area (Å²) in [7, 11) is 0. The molecule has 0 aliphatic rings. The van der Waals surface area contributed by atoms with Crippen molar-refractivity contribution in [3.8, 4) is 28.7 Å². The fourth-order valence-electron chi connectivity index (χ4n) is 3.02. The largest absolute Gasteiger partial charge is 0.494 e. The second kappa shape index (κ2) is 12.5. The van der Waals surface area contributed by atoms with Gasteiger partial charge in [0, 0.05) is 11.6 Å². The molecular weight excluding hydrogens is 396 g/mol. The van der Waals surface area contributed by atoms with Crippen LogP contribution in [-0.4, -0.2) is 38.8 Å². The van der Waals surface area contributed by atoms with E-state index in [0.717, 1.165) is 5.56 Å². The van der Waals surface area contributed by atoms with E-state index in [-0.39, 0.29) is 5.78 Å².